The molecule has 2 saturated heterocycles. The van der Waals surface area contributed by atoms with Crippen LogP contribution in [0.3, 0.4) is 0 Å². The van der Waals surface area contributed by atoms with Gasteiger partial charge in [-0.15, -0.1) is 0 Å². The SMILES string of the molecule is C=C1NC(=S)N[C@@H](c2ccc(-c3ccccc3)cc2)[C@@H]1C(=O)N1CCOCC1. The lowest BCUT2D eigenvalue weighted by atomic mass is 9.87. The lowest BCUT2D eigenvalue weighted by molar-refractivity contribution is -0.139. The lowest BCUT2D eigenvalue weighted by Gasteiger charge is -2.39. The maximum atomic E-state index is 13.2. The van der Waals surface area contributed by atoms with Gasteiger partial charge in [-0.25, -0.2) is 0 Å². The Morgan fingerprint density at radius 1 is 1.04 bits per heavy atom. The molecule has 0 bridgehead atoms. The van der Waals surface area contributed by atoms with Crippen molar-refractivity contribution >= 4 is 23.2 Å². The number of nitrogens with one attached hydrogen (secondary N) is 2. The Morgan fingerprint density at radius 2 is 1.68 bits per heavy atom. The topological polar surface area (TPSA) is 53.6 Å². The molecular weight excluding hydrogens is 370 g/mol. The van der Waals surface area contributed by atoms with Gasteiger partial charge >= 0.3 is 0 Å². The molecule has 0 unspecified atom stereocenters. The Balaban J connectivity index is 1.61. The molecule has 2 aliphatic heterocycles. The summed E-state index contributed by atoms with van der Waals surface area (Å²) in [6.07, 6.45) is 0. The first-order valence-electron chi connectivity index (χ1n) is 9.42. The zero-order valence-corrected chi connectivity index (χ0v) is 16.4. The summed E-state index contributed by atoms with van der Waals surface area (Å²) < 4.78 is 5.38. The third-order valence-electron chi connectivity index (χ3n) is 5.24. The number of amides is 1. The number of nitrogens with zero attached hydrogens (tertiary/aromatic N) is 1. The fourth-order valence-electron chi connectivity index (χ4n) is 3.75. The van der Waals surface area contributed by atoms with E-state index in [4.69, 9.17) is 17.0 Å². The van der Waals surface area contributed by atoms with E-state index in [1.54, 1.807) is 0 Å². The third kappa shape index (κ3) is 3.79. The highest BCUT2D eigenvalue weighted by Crippen LogP contribution is 2.32. The molecule has 2 fully saturated rings. The fraction of sp³-hybridized carbons (Fsp3) is 0.273. The molecule has 5 nitrogen and oxygen atoms in total. The number of benzene rings is 2. The van der Waals surface area contributed by atoms with Crippen molar-refractivity contribution in [1.82, 2.24) is 15.5 Å². The van der Waals surface area contributed by atoms with Gasteiger partial charge in [0.1, 0.15) is 5.92 Å². The van der Waals surface area contributed by atoms with Crippen LogP contribution in [-0.2, 0) is 9.53 Å². The Morgan fingerprint density at radius 3 is 2.36 bits per heavy atom. The molecule has 0 spiro atoms. The highest BCUT2D eigenvalue weighted by atomic mass is 32.1. The molecule has 144 valence electrons. The van der Waals surface area contributed by atoms with Gasteiger partial charge in [0.25, 0.3) is 0 Å². The van der Waals surface area contributed by atoms with E-state index >= 15 is 0 Å². The molecule has 2 N–H and O–H groups in total. The molecule has 28 heavy (non-hydrogen) atoms. The van der Waals surface area contributed by atoms with E-state index in [0.29, 0.717) is 37.1 Å². The van der Waals surface area contributed by atoms with Crippen LogP contribution in [0.25, 0.3) is 11.1 Å². The zero-order chi connectivity index (χ0) is 19.5. The van der Waals surface area contributed by atoms with Crippen LogP contribution in [0, 0.1) is 5.92 Å². The Kier molecular flexibility index (Phi) is 5.41. The molecule has 4 rings (SSSR count). The summed E-state index contributed by atoms with van der Waals surface area (Å²) in [6, 6.07) is 18.2. The monoisotopic (exact) mass is 393 g/mol. The van der Waals surface area contributed by atoms with E-state index in [1.165, 1.54) is 0 Å². The van der Waals surface area contributed by atoms with Crippen LogP contribution >= 0.6 is 12.2 Å². The Labute approximate surface area is 170 Å². The van der Waals surface area contributed by atoms with E-state index in [0.717, 1.165) is 16.7 Å². The van der Waals surface area contributed by atoms with Crippen molar-refractivity contribution in [2.24, 2.45) is 5.92 Å². The summed E-state index contributed by atoms with van der Waals surface area (Å²) in [7, 11) is 0. The summed E-state index contributed by atoms with van der Waals surface area (Å²) >= 11 is 5.33. The van der Waals surface area contributed by atoms with Gasteiger partial charge in [-0.05, 0) is 28.9 Å². The predicted molar refractivity (Wildman–Crippen MR) is 114 cm³/mol. The third-order valence-corrected chi connectivity index (χ3v) is 5.46. The number of thiocarbonyl (C=S) groups is 1. The van der Waals surface area contributed by atoms with Crippen LogP contribution < -0.4 is 10.6 Å². The summed E-state index contributed by atoms with van der Waals surface area (Å²) in [5, 5.41) is 6.80. The standard InChI is InChI=1S/C22H23N3O2S/c1-15-19(21(26)25-11-13-27-14-12-25)20(24-22(28)23-15)18-9-7-17(8-10-18)16-5-3-2-4-6-16/h2-10,19-20H,1,11-14H2,(H2,23,24,28)/t19-,20+/m1/s1. The molecule has 2 aromatic carbocycles. The quantitative estimate of drug-likeness (QED) is 0.786. The highest BCUT2D eigenvalue weighted by molar-refractivity contribution is 7.80. The molecule has 0 aliphatic carbocycles. The molecule has 2 heterocycles. The summed E-state index contributed by atoms with van der Waals surface area (Å²) in [6.45, 7) is 6.43. The summed E-state index contributed by atoms with van der Waals surface area (Å²) in [5.41, 5.74) is 3.94. The molecule has 1 amide bonds. The maximum absolute atomic E-state index is 13.2. The van der Waals surface area contributed by atoms with Gasteiger partial charge in [0, 0.05) is 18.8 Å². The minimum absolute atomic E-state index is 0.0490. The first-order valence-corrected chi connectivity index (χ1v) is 9.82. The second kappa shape index (κ2) is 8.12. The largest absolute Gasteiger partial charge is 0.378 e. The maximum Gasteiger partial charge on any atom is 0.234 e. The molecule has 2 aliphatic rings. The van der Waals surface area contributed by atoms with Crippen LogP contribution in [0.15, 0.2) is 66.9 Å². The minimum atomic E-state index is -0.424. The fourth-order valence-corrected chi connectivity index (χ4v) is 4.00. The second-order valence-electron chi connectivity index (χ2n) is 7.00. The van der Waals surface area contributed by atoms with Gasteiger partial charge < -0.3 is 20.3 Å². The number of carbonyl (C=O) groups is 1. The van der Waals surface area contributed by atoms with Gasteiger partial charge in [-0.2, -0.15) is 0 Å². The molecule has 0 saturated carbocycles. The molecule has 6 heteroatoms. The predicted octanol–water partition coefficient (Wildman–Crippen LogP) is 2.86. The van der Waals surface area contributed by atoms with E-state index in [1.807, 2.05) is 23.1 Å². The molecular formula is C22H23N3O2S. The van der Waals surface area contributed by atoms with Gasteiger partial charge in [-0.1, -0.05) is 61.2 Å². The normalized spacial score (nSPS) is 22.4. The number of ether oxygens (including phenoxy) is 1. The van der Waals surface area contributed by atoms with Crippen molar-refractivity contribution in [3.8, 4) is 11.1 Å². The van der Waals surface area contributed by atoms with Crippen molar-refractivity contribution < 1.29 is 9.53 Å². The number of hydrogen-bond acceptors (Lipinski definition) is 3. The van der Waals surface area contributed by atoms with Crippen LogP contribution in [-0.4, -0.2) is 42.2 Å². The van der Waals surface area contributed by atoms with Crippen molar-refractivity contribution in [3.05, 3.63) is 72.4 Å². The average molecular weight is 394 g/mol. The highest BCUT2D eigenvalue weighted by Gasteiger charge is 2.39. The van der Waals surface area contributed by atoms with E-state index in [-0.39, 0.29) is 11.9 Å². The van der Waals surface area contributed by atoms with Crippen molar-refractivity contribution in [1.29, 1.82) is 0 Å². The van der Waals surface area contributed by atoms with Crippen LogP contribution in [0.1, 0.15) is 11.6 Å². The molecule has 0 aromatic heterocycles. The van der Waals surface area contributed by atoms with E-state index < -0.39 is 5.92 Å². The summed E-state index contributed by atoms with van der Waals surface area (Å²) in [4.78, 5) is 15.1. The number of hydrogen-bond donors (Lipinski definition) is 2. The zero-order valence-electron chi connectivity index (χ0n) is 15.6. The van der Waals surface area contributed by atoms with Gasteiger partial charge in [0.2, 0.25) is 5.91 Å². The number of morpholine rings is 1. The van der Waals surface area contributed by atoms with Crippen LogP contribution in [0.5, 0.6) is 0 Å². The lowest BCUT2D eigenvalue weighted by Crippen LogP contribution is -2.55. The minimum Gasteiger partial charge on any atom is -0.378 e. The van der Waals surface area contributed by atoms with Crippen molar-refractivity contribution in [3.63, 3.8) is 0 Å². The molecule has 2 aromatic rings. The van der Waals surface area contributed by atoms with Crippen LogP contribution in [0.4, 0.5) is 0 Å². The van der Waals surface area contributed by atoms with Gasteiger partial charge in [0.05, 0.1) is 19.3 Å². The van der Waals surface area contributed by atoms with Crippen molar-refractivity contribution in [2.45, 2.75) is 6.04 Å². The summed E-state index contributed by atoms with van der Waals surface area (Å²) in [5.74, 6) is -0.375. The first-order chi connectivity index (χ1) is 13.6. The van der Waals surface area contributed by atoms with Crippen LogP contribution in [0.2, 0.25) is 0 Å². The smallest absolute Gasteiger partial charge is 0.234 e. The van der Waals surface area contributed by atoms with E-state index in [9.17, 15) is 4.79 Å². The number of rotatable bonds is 3. The van der Waals surface area contributed by atoms with Crippen molar-refractivity contribution in [2.75, 3.05) is 26.3 Å². The first kappa shape index (κ1) is 18.7. The van der Waals surface area contributed by atoms with Gasteiger partial charge in [0.15, 0.2) is 5.11 Å². The Bertz CT molecular complexity index is 876. The van der Waals surface area contributed by atoms with Gasteiger partial charge in [-0.3, -0.25) is 4.79 Å². The molecule has 0 radical (unpaired) electrons. The molecule has 2 atom stereocenters. The van der Waals surface area contributed by atoms with E-state index in [2.05, 4.69) is 53.6 Å². The Hall–Kier alpha value is -2.70. The average Bonchev–Trinajstić information content (AvgIpc) is 2.74. The number of carbonyl (C=O) groups excluding carboxylic acids is 1. The second-order valence-corrected chi connectivity index (χ2v) is 7.41.